The molecule has 110 valence electrons. The lowest BCUT2D eigenvalue weighted by molar-refractivity contribution is -0.119. The Bertz CT molecular complexity index is 448. The lowest BCUT2D eigenvalue weighted by Crippen LogP contribution is -2.25. The van der Waals surface area contributed by atoms with Crippen molar-refractivity contribution in [1.29, 1.82) is 0 Å². The summed E-state index contributed by atoms with van der Waals surface area (Å²) in [6, 6.07) is 3.42. The minimum atomic E-state index is -0.104. The molecule has 1 aromatic rings. The van der Waals surface area contributed by atoms with E-state index in [1.165, 1.54) is 11.8 Å². The Morgan fingerprint density at radius 1 is 1.30 bits per heavy atom. The molecule has 0 unspecified atom stereocenters. The number of aromatic nitrogens is 2. The number of nitrogens with one attached hydrogen (secondary N) is 2. The standard InChI is InChI=1S/C13H20N4O2S/c1-4-7-14-11(18)8-20-12-6-5-10(16-17-12)15-13(19)9(2)3/h5-6,9H,4,7-8H2,1-3H3,(H,14,18)(H,15,16,19). The monoisotopic (exact) mass is 296 g/mol. The Morgan fingerprint density at radius 2 is 2.05 bits per heavy atom. The largest absolute Gasteiger partial charge is 0.355 e. The van der Waals surface area contributed by atoms with Crippen LogP contribution in [0.2, 0.25) is 0 Å². The van der Waals surface area contributed by atoms with Crippen molar-refractivity contribution in [3.05, 3.63) is 12.1 Å². The SMILES string of the molecule is CCCNC(=O)CSc1ccc(NC(=O)C(C)C)nn1. The number of carbonyl (C=O) groups is 2. The van der Waals surface area contributed by atoms with Crippen molar-refractivity contribution in [3.63, 3.8) is 0 Å². The molecule has 1 heterocycles. The Balaban J connectivity index is 2.42. The van der Waals surface area contributed by atoms with Crippen molar-refractivity contribution >= 4 is 29.4 Å². The number of hydrogen-bond acceptors (Lipinski definition) is 5. The van der Waals surface area contributed by atoms with Gasteiger partial charge in [0.05, 0.1) is 5.75 Å². The topological polar surface area (TPSA) is 84.0 Å². The van der Waals surface area contributed by atoms with Gasteiger partial charge in [0.25, 0.3) is 0 Å². The highest BCUT2D eigenvalue weighted by Crippen LogP contribution is 2.15. The maximum atomic E-state index is 11.5. The zero-order valence-electron chi connectivity index (χ0n) is 12.0. The van der Waals surface area contributed by atoms with E-state index < -0.39 is 0 Å². The van der Waals surface area contributed by atoms with Gasteiger partial charge in [-0.3, -0.25) is 9.59 Å². The lowest BCUT2D eigenvalue weighted by atomic mass is 10.2. The first-order valence-corrected chi connectivity index (χ1v) is 7.55. The maximum absolute atomic E-state index is 11.5. The average molecular weight is 296 g/mol. The van der Waals surface area contributed by atoms with Gasteiger partial charge in [0.2, 0.25) is 11.8 Å². The molecule has 0 aliphatic carbocycles. The van der Waals surface area contributed by atoms with Crippen LogP contribution in [-0.4, -0.2) is 34.3 Å². The van der Waals surface area contributed by atoms with Crippen LogP contribution in [0.5, 0.6) is 0 Å². The fourth-order valence-electron chi connectivity index (χ4n) is 1.19. The quantitative estimate of drug-likeness (QED) is 0.748. The predicted molar refractivity (Wildman–Crippen MR) is 79.5 cm³/mol. The van der Waals surface area contributed by atoms with E-state index in [1.807, 2.05) is 20.8 Å². The van der Waals surface area contributed by atoms with Crippen LogP contribution in [0.3, 0.4) is 0 Å². The molecule has 0 radical (unpaired) electrons. The molecule has 0 aromatic carbocycles. The van der Waals surface area contributed by atoms with Crippen molar-refractivity contribution in [3.8, 4) is 0 Å². The molecular weight excluding hydrogens is 276 g/mol. The molecule has 2 amide bonds. The van der Waals surface area contributed by atoms with Gasteiger partial charge in [-0.05, 0) is 18.6 Å². The second-order valence-electron chi connectivity index (χ2n) is 4.54. The molecule has 0 saturated carbocycles. The Labute approximate surface area is 123 Å². The van der Waals surface area contributed by atoms with Crippen LogP contribution in [0, 0.1) is 5.92 Å². The summed E-state index contributed by atoms with van der Waals surface area (Å²) in [5.74, 6) is 0.512. The Morgan fingerprint density at radius 3 is 2.60 bits per heavy atom. The van der Waals surface area contributed by atoms with Crippen LogP contribution in [-0.2, 0) is 9.59 Å². The second kappa shape index (κ2) is 8.52. The van der Waals surface area contributed by atoms with Crippen LogP contribution in [0.15, 0.2) is 17.2 Å². The Kier molecular flexibility index (Phi) is 7.00. The summed E-state index contributed by atoms with van der Waals surface area (Å²) in [4.78, 5) is 22.9. The van der Waals surface area contributed by atoms with Crippen molar-refractivity contribution in [2.75, 3.05) is 17.6 Å². The van der Waals surface area contributed by atoms with Gasteiger partial charge in [-0.1, -0.05) is 32.5 Å². The summed E-state index contributed by atoms with van der Waals surface area (Å²) < 4.78 is 0. The molecule has 2 N–H and O–H groups in total. The molecular formula is C13H20N4O2S. The normalized spacial score (nSPS) is 10.4. The highest BCUT2D eigenvalue weighted by atomic mass is 32.2. The molecule has 0 spiro atoms. The van der Waals surface area contributed by atoms with E-state index >= 15 is 0 Å². The molecule has 0 atom stereocenters. The van der Waals surface area contributed by atoms with Crippen LogP contribution < -0.4 is 10.6 Å². The summed E-state index contributed by atoms with van der Waals surface area (Å²) in [6.45, 7) is 6.30. The smallest absolute Gasteiger partial charge is 0.230 e. The van der Waals surface area contributed by atoms with Crippen LogP contribution in [0.1, 0.15) is 27.2 Å². The first-order chi connectivity index (χ1) is 9.52. The molecule has 1 aromatic heterocycles. The molecule has 0 fully saturated rings. The van der Waals surface area contributed by atoms with Gasteiger partial charge in [0.15, 0.2) is 5.82 Å². The first-order valence-electron chi connectivity index (χ1n) is 6.57. The van der Waals surface area contributed by atoms with Gasteiger partial charge in [-0.15, -0.1) is 10.2 Å². The van der Waals surface area contributed by atoms with Crippen molar-refractivity contribution in [2.45, 2.75) is 32.2 Å². The number of rotatable bonds is 7. The second-order valence-corrected chi connectivity index (χ2v) is 5.54. The first kappa shape index (κ1) is 16.4. The van der Waals surface area contributed by atoms with E-state index in [0.717, 1.165) is 6.42 Å². The Hall–Kier alpha value is -1.63. The van der Waals surface area contributed by atoms with Crippen LogP contribution in [0.4, 0.5) is 5.82 Å². The number of amides is 2. The average Bonchev–Trinajstić information content (AvgIpc) is 2.44. The van der Waals surface area contributed by atoms with Crippen molar-refractivity contribution < 1.29 is 9.59 Å². The number of hydrogen-bond donors (Lipinski definition) is 2. The molecule has 0 bridgehead atoms. The van der Waals surface area contributed by atoms with Gasteiger partial charge in [-0.2, -0.15) is 0 Å². The molecule has 0 aliphatic heterocycles. The van der Waals surface area contributed by atoms with Crippen LogP contribution in [0.25, 0.3) is 0 Å². The number of carbonyl (C=O) groups excluding carboxylic acids is 2. The summed E-state index contributed by atoms with van der Waals surface area (Å²) in [7, 11) is 0. The number of anilines is 1. The fourth-order valence-corrected chi connectivity index (χ4v) is 1.83. The molecule has 6 nitrogen and oxygen atoms in total. The molecule has 1 rings (SSSR count). The zero-order valence-corrected chi connectivity index (χ0v) is 12.8. The molecule has 0 aliphatic rings. The number of thioether (sulfide) groups is 1. The fraction of sp³-hybridized carbons (Fsp3) is 0.538. The minimum absolute atomic E-state index is 0.0177. The highest BCUT2D eigenvalue weighted by molar-refractivity contribution is 7.99. The summed E-state index contributed by atoms with van der Waals surface area (Å²) in [6.07, 6.45) is 0.917. The van der Waals surface area contributed by atoms with E-state index in [-0.39, 0.29) is 17.7 Å². The van der Waals surface area contributed by atoms with Gasteiger partial charge < -0.3 is 10.6 Å². The minimum Gasteiger partial charge on any atom is -0.355 e. The van der Waals surface area contributed by atoms with E-state index in [1.54, 1.807) is 12.1 Å². The van der Waals surface area contributed by atoms with Gasteiger partial charge in [-0.25, -0.2) is 0 Å². The van der Waals surface area contributed by atoms with E-state index in [9.17, 15) is 9.59 Å². The highest BCUT2D eigenvalue weighted by Gasteiger charge is 2.08. The van der Waals surface area contributed by atoms with Crippen molar-refractivity contribution in [2.24, 2.45) is 5.92 Å². The van der Waals surface area contributed by atoms with Gasteiger partial charge in [0, 0.05) is 12.5 Å². The lowest BCUT2D eigenvalue weighted by Gasteiger charge is -2.06. The maximum Gasteiger partial charge on any atom is 0.230 e. The third-order valence-electron chi connectivity index (χ3n) is 2.34. The molecule has 20 heavy (non-hydrogen) atoms. The van der Waals surface area contributed by atoms with Crippen LogP contribution >= 0.6 is 11.8 Å². The zero-order chi connectivity index (χ0) is 15.0. The third kappa shape index (κ3) is 6.01. The van der Waals surface area contributed by atoms with E-state index in [0.29, 0.717) is 23.1 Å². The third-order valence-corrected chi connectivity index (χ3v) is 3.26. The van der Waals surface area contributed by atoms with E-state index in [2.05, 4.69) is 20.8 Å². The molecule has 7 heteroatoms. The van der Waals surface area contributed by atoms with E-state index in [4.69, 9.17) is 0 Å². The predicted octanol–water partition coefficient (Wildman–Crippen LogP) is 1.69. The molecule has 0 saturated heterocycles. The summed E-state index contributed by atoms with van der Waals surface area (Å²) >= 11 is 1.31. The van der Waals surface area contributed by atoms with Gasteiger partial charge in [0.1, 0.15) is 5.03 Å². The summed E-state index contributed by atoms with van der Waals surface area (Å²) in [5, 5.41) is 14.0. The van der Waals surface area contributed by atoms with Gasteiger partial charge >= 0.3 is 0 Å². The summed E-state index contributed by atoms with van der Waals surface area (Å²) in [5.41, 5.74) is 0. The number of nitrogens with zero attached hydrogens (tertiary/aromatic N) is 2. The van der Waals surface area contributed by atoms with Crippen molar-refractivity contribution in [1.82, 2.24) is 15.5 Å².